The highest BCUT2D eigenvalue weighted by Crippen LogP contribution is 2.26. The summed E-state index contributed by atoms with van der Waals surface area (Å²) >= 11 is 0. The van der Waals surface area contributed by atoms with Crippen molar-refractivity contribution in [2.24, 2.45) is 0 Å². The van der Waals surface area contributed by atoms with Gasteiger partial charge in [0.25, 0.3) is 5.91 Å². The number of aromatic hydroxyl groups is 1. The van der Waals surface area contributed by atoms with Crippen molar-refractivity contribution >= 4 is 22.4 Å². The molecule has 2 N–H and O–H groups in total. The average Bonchev–Trinajstić information content (AvgIpc) is 2.36. The Morgan fingerprint density at radius 2 is 2.05 bits per heavy atom. The zero-order valence-electron chi connectivity index (χ0n) is 12.1. The van der Waals surface area contributed by atoms with Crippen LogP contribution in [0.5, 0.6) is 5.75 Å². The molecular weight excluding hydrogens is 296 g/mol. The minimum Gasteiger partial charge on any atom is -0.502 e. The molecule has 0 aliphatic carbocycles. The second-order valence-corrected chi connectivity index (χ2v) is 7.70. The molecule has 7 nitrogen and oxygen atoms in total. The molecule has 1 atom stereocenters. The van der Waals surface area contributed by atoms with Crippen LogP contribution in [0.3, 0.4) is 0 Å². The molecular formula is C13H18N2O5S. The predicted octanol–water partition coefficient (Wildman–Crippen LogP) is 1.58. The monoisotopic (exact) mass is 314 g/mol. The highest BCUT2D eigenvalue weighted by atomic mass is 32.2. The maximum Gasteiger partial charge on any atom is 0.310 e. The lowest BCUT2D eigenvalue weighted by molar-refractivity contribution is -0.385. The van der Waals surface area contributed by atoms with Gasteiger partial charge in [-0.2, -0.15) is 0 Å². The van der Waals surface area contributed by atoms with Crippen LogP contribution in [0.25, 0.3) is 0 Å². The Hall–Kier alpha value is -1.96. The fourth-order valence-corrected chi connectivity index (χ4v) is 2.38. The van der Waals surface area contributed by atoms with Crippen LogP contribution >= 0.6 is 0 Å². The Bertz CT molecular complexity index is 580. The standard InChI is InChI=1S/C13H18N2O5S/c1-13(2,3)21(20)7-6-14-12(17)9-4-5-10(15(18)19)11(16)8-9/h4-5,8,16H,6-7H2,1-3H3,(H,14,17). The molecule has 1 rings (SSSR count). The van der Waals surface area contributed by atoms with Crippen LogP contribution in [0.1, 0.15) is 31.1 Å². The van der Waals surface area contributed by atoms with E-state index in [4.69, 9.17) is 0 Å². The van der Waals surface area contributed by atoms with Crippen LogP contribution in [0.15, 0.2) is 18.2 Å². The Morgan fingerprint density at radius 1 is 1.43 bits per heavy atom. The number of nitrogens with one attached hydrogen (secondary N) is 1. The molecule has 0 fully saturated rings. The Kier molecular flexibility index (Phi) is 5.42. The van der Waals surface area contributed by atoms with E-state index in [1.54, 1.807) is 0 Å². The molecule has 8 heteroatoms. The molecule has 0 aliphatic rings. The fourth-order valence-electron chi connectivity index (χ4n) is 1.48. The molecule has 0 saturated carbocycles. The number of hydrogen-bond donors (Lipinski definition) is 2. The molecule has 1 amide bonds. The fraction of sp³-hybridized carbons (Fsp3) is 0.462. The van der Waals surface area contributed by atoms with Crippen molar-refractivity contribution < 1.29 is 19.0 Å². The third-order valence-corrected chi connectivity index (χ3v) is 4.63. The van der Waals surface area contributed by atoms with Gasteiger partial charge in [0.2, 0.25) is 0 Å². The van der Waals surface area contributed by atoms with Crippen molar-refractivity contribution in [1.29, 1.82) is 0 Å². The molecule has 0 saturated heterocycles. The molecule has 0 bridgehead atoms. The van der Waals surface area contributed by atoms with Gasteiger partial charge < -0.3 is 10.4 Å². The number of carbonyl (C=O) groups is 1. The van der Waals surface area contributed by atoms with Crippen molar-refractivity contribution in [3.8, 4) is 5.75 Å². The predicted molar refractivity (Wildman–Crippen MR) is 79.9 cm³/mol. The van der Waals surface area contributed by atoms with Crippen molar-refractivity contribution in [1.82, 2.24) is 5.32 Å². The number of carbonyl (C=O) groups excluding carboxylic acids is 1. The second kappa shape index (κ2) is 6.66. The lowest BCUT2D eigenvalue weighted by Crippen LogP contribution is -2.32. The van der Waals surface area contributed by atoms with E-state index in [0.29, 0.717) is 5.75 Å². The number of phenolic OH excluding ortho intramolecular Hbond substituents is 1. The zero-order valence-corrected chi connectivity index (χ0v) is 12.9. The number of benzene rings is 1. The third kappa shape index (κ3) is 4.82. The molecule has 0 heterocycles. The summed E-state index contributed by atoms with van der Waals surface area (Å²) in [7, 11) is -1.08. The number of nitro groups is 1. The smallest absolute Gasteiger partial charge is 0.310 e. The van der Waals surface area contributed by atoms with Crippen molar-refractivity contribution in [3.63, 3.8) is 0 Å². The largest absolute Gasteiger partial charge is 0.502 e. The first-order valence-corrected chi connectivity index (χ1v) is 7.59. The van der Waals surface area contributed by atoms with Gasteiger partial charge in [-0.15, -0.1) is 0 Å². The van der Waals surface area contributed by atoms with Gasteiger partial charge in [0, 0.05) is 39.5 Å². The van der Waals surface area contributed by atoms with Gasteiger partial charge in [-0.05, 0) is 32.9 Å². The minimum atomic E-state index is -1.08. The molecule has 0 aromatic heterocycles. The van der Waals surface area contributed by atoms with Gasteiger partial charge >= 0.3 is 5.69 Å². The van der Waals surface area contributed by atoms with E-state index in [9.17, 15) is 24.2 Å². The van der Waals surface area contributed by atoms with E-state index < -0.39 is 33.1 Å². The summed E-state index contributed by atoms with van der Waals surface area (Å²) in [6.07, 6.45) is 0. The van der Waals surface area contributed by atoms with E-state index >= 15 is 0 Å². The van der Waals surface area contributed by atoms with Gasteiger partial charge in [0.1, 0.15) is 0 Å². The first-order chi connectivity index (χ1) is 9.62. The molecule has 116 valence electrons. The summed E-state index contributed by atoms with van der Waals surface area (Å²) in [6, 6.07) is 3.36. The van der Waals surface area contributed by atoms with Crippen LogP contribution in [0.4, 0.5) is 5.69 Å². The average molecular weight is 314 g/mol. The number of amides is 1. The molecule has 0 spiro atoms. The maximum atomic E-state index is 11.8. The van der Waals surface area contributed by atoms with Crippen LogP contribution in [0, 0.1) is 10.1 Å². The number of nitro benzene ring substituents is 1. The first-order valence-electron chi connectivity index (χ1n) is 6.27. The lowest BCUT2D eigenvalue weighted by Gasteiger charge is -2.17. The van der Waals surface area contributed by atoms with Crippen molar-refractivity contribution in [2.75, 3.05) is 12.3 Å². The number of nitrogens with zero attached hydrogens (tertiary/aromatic N) is 1. The highest BCUT2D eigenvalue weighted by molar-refractivity contribution is 7.86. The molecule has 0 radical (unpaired) electrons. The molecule has 1 aromatic carbocycles. The Balaban J connectivity index is 2.63. The summed E-state index contributed by atoms with van der Waals surface area (Å²) < 4.78 is 11.5. The van der Waals surface area contributed by atoms with Crippen LogP contribution in [-0.4, -0.2) is 37.2 Å². The summed E-state index contributed by atoms with van der Waals surface area (Å²) in [4.78, 5) is 21.6. The Labute approximate surface area is 125 Å². The van der Waals surface area contributed by atoms with Crippen molar-refractivity contribution in [3.05, 3.63) is 33.9 Å². The summed E-state index contributed by atoms with van der Waals surface area (Å²) in [5.74, 6) is -0.731. The van der Waals surface area contributed by atoms with Gasteiger partial charge in [-0.3, -0.25) is 19.1 Å². The molecule has 0 aliphatic heterocycles. The highest BCUT2D eigenvalue weighted by Gasteiger charge is 2.19. The third-order valence-electron chi connectivity index (χ3n) is 2.69. The van der Waals surface area contributed by atoms with E-state index in [-0.39, 0.29) is 16.9 Å². The van der Waals surface area contributed by atoms with E-state index in [1.165, 1.54) is 6.07 Å². The minimum absolute atomic E-state index is 0.111. The number of phenols is 1. The van der Waals surface area contributed by atoms with E-state index in [0.717, 1.165) is 12.1 Å². The number of hydrogen-bond acceptors (Lipinski definition) is 5. The first kappa shape index (κ1) is 17.1. The molecule has 1 unspecified atom stereocenters. The van der Waals surface area contributed by atoms with Gasteiger partial charge in [0.15, 0.2) is 5.75 Å². The van der Waals surface area contributed by atoms with Crippen LogP contribution in [-0.2, 0) is 10.8 Å². The zero-order chi connectivity index (χ0) is 16.2. The van der Waals surface area contributed by atoms with Gasteiger partial charge in [-0.25, -0.2) is 0 Å². The quantitative estimate of drug-likeness (QED) is 0.633. The van der Waals surface area contributed by atoms with E-state index in [1.807, 2.05) is 20.8 Å². The van der Waals surface area contributed by atoms with E-state index in [2.05, 4.69) is 5.32 Å². The van der Waals surface area contributed by atoms with Gasteiger partial charge in [-0.1, -0.05) is 0 Å². The second-order valence-electron chi connectivity index (χ2n) is 5.38. The summed E-state index contributed by atoms with van der Waals surface area (Å²) in [6.45, 7) is 5.76. The Morgan fingerprint density at radius 3 is 2.52 bits per heavy atom. The number of rotatable bonds is 5. The van der Waals surface area contributed by atoms with Gasteiger partial charge in [0.05, 0.1) is 4.92 Å². The topological polar surface area (TPSA) is 110 Å². The summed E-state index contributed by atoms with van der Waals surface area (Å²) in [5.41, 5.74) is -0.347. The summed E-state index contributed by atoms with van der Waals surface area (Å²) in [5, 5.41) is 22.6. The molecule has 1 aromatic rings. The SMILES string of the molecule is CC(C)(C)S(=O)CCNC(=O)c1ccc([N+](=O)[O-])c(O)c1. The van der Waals surface area contributed by atoms with Crippen LogP contribution in [0.2, 0.25) is 0 Å². The molecule has 21 heavy (non-hydrogen) atoms. The normalized spacial score (nSPS) is 12.7. The maximum absolute atomic E-state index is 11.8. The lowest BCUT2D eigenvalue weighted by atomic mass is 10.2. The van der Waals surface area contributed by atoms with Crippen molar-refractivity contribution in [2.45, 2.75) is 25.5 Å². The van der Waals surface area contributed by atoms with Crippen LogP contribution < -0.4 is 5.32 Å².